The normalized spacial score (nSPS) is 10.5. The molecular formula is C8H7ClF2N2O2. The highest BCUT2D eigenvalue weighted by molar-refractivity contribution is 6.68. The molecular weight excluding hydrogens is 230 g/mol. The number of carbonyl (C=O) groups is 1. The van der Waals surface area contributed by atoms with E-state index in [0.717, 1.165) is 6.07 Å². The van der Waals surface area contributed by atoms with Crippen LogP contribution in [0.3, 0.4) is 0 Å². The number of hydrogen-bond donors (Lipinski definition) is 1. The van der Waals surface area contributed by atoms with Crippen LogP contribution >= 0.6 is 11.6 Å². The first-order chi connectivity index (χ1) is 6.97. The first-order valence-electron chi connectivity index (χ1n) is 3.79. The maximum Gasteiger partial charge on any atom is 0.280 e. The predicted molar refractivity (Wildman–Crippen MR) is 50.3 cm³/mol. The van der Waals surface area contributed by atoms with E-state index in [0.29, 0.717) is 0 Å². The number of alkyl halides is 2. The number of halogens is 3. The average Bonchev–Trinajstić information content (AvgIpc) is 2.16. The Hall–Kier alpha value is -1.43. The Kier molecular flexibility index (Phi) is 3.41. The van der Waals surface area contributed by atoms with Gasteiger partial charge in [-0.15, -0.1) is 0 Å². The molecule has 1 heterocycles. The van der Waals surface area contributed by atoms with Gasteiger partial charge in [0, 0.05) is 0 Å². The highest BCUT2D eigenvalue weighted by atomic mass is 35.5. The molecule has 82 valence electrons. The fourth-order valence-electron chi connectivity index (χ4n) is 1.05. The van der Waals surface area contributed by atoms with E-state index in [-0.39, 0.29) is 17.1 Å². The average molecular weight is 237 g/mol. The van der Waals surface area contributed by atoms with Gasteiger partial charge >= 0.3 is 0 Å². The third kappa shape index (κ3) is 2.33. The van der Waals surface area contributed by atoms with Crippen molar-refractivity contribution in [3.05, 3.63) is 17.3 Å². The summed E-state index contributed by atoms with van der Waals surface area (Å²) in [4.78, 5) is 14.3. The van der Waals surface area contributed by atoms with Gasteiger partial charge in [-0.05, 0) is 17.7 Å². The van der Waals surface area contributed by atoms with Gasteiger partial charge in [0.05, 0.1) is 12.7 Å². The highest BCUT2D eigenvalue weighted by Crippen LogP contribution is 2.30. The fourth-order valence-corrected chi connectivity index (χ4v) is 1.19. The highest BCUT2D eigenvalue weighted by Gasteiger charge is 2.19. The second kappa shape index (κ2) is 4.39. The van der Waals surface area contributed by atoms with E-state index >= 15 is 0 Å². The number of carbonyl (C=O) groups excluding carboxylic acids is 1. The Bertz CT molecular complexity index is 398. The Morgan fingerprint density at radius 3 is 2.67 bits per heavy atom. The molecule has 0 aliphatic heterocycles. The molecule has 0 aliphatic rings. The van der Waals surface area contributed by atoms with Crippen molar-refractivity contribution in [2.45, 2.75) is 6.43 Å². The Morgan fingerprint density at radius 1 is 1.67 bits per heavy atom. The molecule has 0 saturated heterocycles. The van der Waals surface area contributed by atoms with Gasteiger partial charge in [0.15, 0.2) is 11.6 Å². The van der Waals surface area contributed by atoms with E-state index in [1.807, 2.05) is 0 Å². The minimum atomic E-state index is -2.83. The number of ether oxygens (including phenoxy) is 1. The van der Waals surface area contributed by atoms with E-state index in [9.17, 15) is 13.6 Å². The molecule has 0 spiro atoms. The Balaban J connectivity index is 3.38. The van der Waals surface area contributed by atoms with Gasteiger partial charge in [-0.1, -0.05) is 0 Å². The summed E-state index contributed by atoms with van der Waals surface area (Å²) in [6, 6.07) is 0.856. The second-order valence-electron chi connectivity index (χ2n) is 2.59. The number of nitrogens with zero attached hydrogens (tertiary/aromatic N) is 1. The van der Waals surface area contributed by atoms with Crippen molar-refractivity contribution in [3.8, 4) is 5.75 Å². The van der Waals surface area contributed by atoms with Crippen molar-refractivity contribution in [1.29, 1.82) is 0 Å². The van der Waals surface area contributed by atoms with Gasteiger partial charge in [0.1, 0.15) is 5.69 Å². The second-order valence-corrected chi connectivity index (χ2v) is 2.93. The van der Waals surface area contributed by atoms with Crippen LogP contribution in [0.15, 0.2) is 6.07 Å². The molecule has 1 rings (SSSR count). The lowest BCUT2D eigenvalue weighted by Gasteiger charge is -2.09. The molecule has 0 aromatic carbocycles. The maximum atomic E-state index is 12.3. The summed E-state index contributed by atoms with van der Waals surface area (Å²) in [6.45, 7) is 0. The van der Waals surface area contributed by atoms with Crippen molar-refractivity contribution in [1.82, 2.24) is 4.98 Å². The number of hydrogen-bond acceptors (Lipinski definition) is 4. The van der Waals surface area contributed by atoms with E-state index in [1.165, 1.54) is 7.11 Å². The molecule has 0 atom stereocenters. The molecule has 0 aliphatic carbocycles. The van der Waals surface area contributed by atoms with Crippen molar-refractivity contribution in [2.24, 2.45) is 0 Å². The fraction of sp³-hybridized carbons (Fsp3) is 0.250. The number of nitrogens with two attached hydrogens (primary N) is 1. The minimum absolute atomic E-state index is 0.0978. The minimum Gasteiger partial charge on any atom is -0.492 e. The van der Waals surface area contributed by atoms with Crippen LogP contribution < -0.4 is 10.5 Å². The molecule has 7 heteroatoms. The number of anilines is 1. The first kappa shape index (κ1) is 11.6. The zero-order chi connectivity index (χ0) is 11.6. The lowest BCUT2D eigenvalue weighted by molar-refractivity contribution is 0.107. The summed E-state index contributed by atoms with van der Waals surface area (Å²) in [5.41, 5.74) is 4.49. The molecule has 4 nitrogen and oxygen atoms in total. The number of aromatic nitrogens is 1. The third-order valence-corrected chi connectivity index (χ3v) is 1.86. The van der Waals surface area contributed by atoms with Crippen LogP contribution in [0.2, 0.25) is 0 Å². The third-order valence-electron chi connectivity index (χ3n) is 1.66. The van der Waals surface area contributed by atoms with Gasteiger partial charge in [-0.3, -0.25) is 4.79 Å². The molecule has 0 bridgehead atoms. The molecule has 2 N–H and O–H groups in total. The molecule has 0 fully saturated rings. The lowest BCUT2D eigenvalue weighted by atomic mass is 10.2. The molecule has 1 aromatic rings. The number of pyridine rings is 1. The van der Waals surface area contributed by atoms with E-state index in [4.69, 9.17) is 22.1 Å². The van der Waals surface area contributed by atoms with Gasteiger partial charge in [0.2, 0.25) is 0 Å². The van der Waals surface area contributed by atoms with Crippen molar-refractivity contribution >= 4 is 22.7 Å². The van der Waals surface area contributed by atoms with E-state index in [1.54, 1.807) is 0 Å². The molecule has 15 heavy (non-hydrogen) atoms. The van der Waals surface area contributed by atoms with Crippen molar-refractivity contribution in [2.75, 3.05) is 12.8 Å². The van der Waals surface area contributed by atoms with Crippen LogP contribution in [0.1, 0.15) is 22.5 Å². The number of rotatable bonds is 3. The maximum absolute atomic E-state index is 12.3. The summed E-state index contributed by atoms with van der Waals surface area (Å²) < 4.78 is 29.4. The molecule has 0 amide bonds. The van der Waals surface area contributed by atoms with Gasteiger partial charge in [0.25, 0.3) is 11.7 Å². The summed E-state index contributed by atoms with van der Waals surface area (Å²) in [6.07, 6.45) is -2.83. The van der Waals surface area contributed by atoms with Crippen molar-refractivity contribution < 1.29 is 18.3 Å². The Labute approximate surface area is 89.0 Å². The smallest absolute Gasteiger partial charge is 0.280 e. The quantitative estimate of drug-likeness (QED) is 0.815. The van der Waals surface area contributed by atoms with Gasteiger partial charge in [-0.25, -0.2) is 13.8 Å². The molecule has 0 unspecified atom stereocenters. The van der Waals surface area contributed by atoms with Crippen LogP contribution in [-0.4, -0.2) is 17.3 Å². The van der Waals surface area contributed by atoms with Crippen LogP contribution in [0, 0.1) is 0 Å². The number of methoxy groups -OCH3 is 1. The monoisotopic (exact) mass is 236 g/mol. The van der Waals surface area contributed by atoms with E-state index < -0.39 is 17.4 Å². The first-order valence-corrected chi connectivity index (χ1v) is 4.17. The topological polar surface area (TPSA) is 65.2 Å². The van der Waals surface area contributed by atoms with E-state index in [2.05, 4.69) is 4.98 Å². The largest absolute Gasteiger partial charge is 0.492 e. The predicted octanol–water partition coefficient (Wildman–Crippen LogP) is 1.99. The molecule has 0 saturated carbocycles. The van der Waals surface area contributed by atoms with Crippen LogP contribution in [-0.2, 0) is 0 Å². The van der Waals surface area contributed by atoms with Crippen LogP contribution in [0.25, 0.3) is 0 Å². The van der Waals surface area contributed by atoms with Crippen LogP contribution in [0.5, 0.6) is 5.75 Å². The standard InChI is InChI=1S/C8H7ClF2N2O2/c1-15-5-3(6(9)14)2-4(7(10)11)13-8(5)12/h2,7H,1H3,(H2,12,13). The summed E-state index contributed by atoms with van der Waals surface area (Å²) in [5.74, 6) is -0.390. The zero-order valence-electron chi connectivity index (χ0n) is 7.63. The SMILES string of the molecule is COc1c(C(=O)Cl)cc(C(F)F)nc1N. The number of nitrogen functional groups attached to an aromatic ring is 1. The lowest BCUT2D eigenvalue weighted by Crippen LogP contribution is -2.05. The van der Waals surface area contributed by atoms with Crippen molar-refractivity contribution in [3.63, 3.8) is 0 Å². The molecule has 0 radical (unpaired) electrons. The van der Waals surface area contributed by atoms with Gasteiger partial charge < -0.3 is 10.5 Å². The molecule has 1 aromatic heterocycles. The summed E-state index contributed by atoms with van der Waals surface area (Å²) >= 11 is 5.19. The summed E-state index contributed by atoms with van der Waals surface area (Å²) in [7, 11) is 1.23. The zero-order valence-corrected chi connectivity index (χ0v) is 8.39. The van der Waals surface area contributed by atoms with Crippen LogP contribution in [0.4, 0.5) is 14.6 Å². The Morgan fingerprint density at radius 2 is 2.27 bits per heavy atom. The summed E-state index contributed by atoms with van der Waals surface area (Å²) in [5, 5.41) is -0.928. The van der Waals surface area contributed by atoms with Gasteiger partial charge in [-0.2, -0.15) is 0 Å².